The maximum absolute atomic E-state index is 13.9. The Balaban J connectivity index is 1.95. The molecule has 0 aliphatic rings. The van der Waals surface area contributed by atoms with Gasteiger partial charge < -0.3 is 0 Å². The van der Waals surface area contributed by atoms with E-state index in [1.54, 1.807) is 12.1 Å². The summed E-state index contributed by atoms with van der Waals surface area (Å²) in [6.45, 7) is 0. The van der Waals surface area contributed by atoms with Gasteiger partial charge in [-0.25, -0.2) is 4.39 Å². The van der Waals surface area contributed by atoms with Crippen molar-refractivity contribution in [3.05, 3.63) is 72.0 Å². The zero-order valence-corrected chi connectivity index (χ0v) is 11.3. The number of benzene rings is 3. The molecule has 0 atom stereocenters. The van der Waals surface area contributed by atoms with Gasteiger partial charge in [-0.2, -0.15) is 5.26 Å². The fourth-order valence-corrected chi connectivity index (χ4v) is 2.88. The molecule has 0 bridgehead atoms. The van der Waals surface area contributed by atoms with Crippen LogP contribution in [0.25, 0.3) is 10.8 Å². The SMILES string of the molecule is N#Cc1ccc(Sc2ccc3ccccc3c2)c(F)c1. The van der Waals surface area contributed by atoms with Gasteiger partial charge in [0.25, 0.3) is 0 Å². The molecule has 0 radical (unpaired) electrons. The molecule has 0 saturated carbocycles. The largest absolute Gasteiger partial charge is 0.206 e. The predicted molar refractivity (Wildman–Crippen MR) is 79.2 cm³/mol. The summed E-state index contributed by atoms with van der Waals surface area (Å²) in [6.07, 6.45) is 0. The molecule has 0 unspecified atom stereocenters. The smallest absolute Gasteiger partial charge is 0.138 e. The highest BCUT2D eigenvalue weighted by molar-refractivity contribution is 7.99. The van der Waals surface area contributed by atoms with Gasteiger partial charge in [-0.15, -0.1) is 0 Å². The molecule has 3 heteroatoms. The minimum atomic E-state index is -0.359. The van der Waals surface area contributed by atoms with E-state index in [0.29, 0.717) is 10.5 Å². The molecule has 0 aliphatic carbocycles. The lowest BCUT2D eigenvalue weighted by atomic mass is 10.1. The van der Waals surface area contributed by atoms with Crippen molar-refractivity contribution in [2.75, 3.05) is 0 Å². The fourth-order valence-electron chi connectivity index (χ4n) is 2.01. The number of nitriles is 1. The van der Waals surface area contributed by atoms with Crippen molar-refractivity contribution in [1.82, 2.24) is 0 Å². The van der Waals surface area contributed by atoms with Crippen LogP contribution in [0.1, 0.15) is 5.56 Å². The fraction of sp³-hybridized carbons (Fsp3) is 0. The molecule has 3 aromatic carbocycles. The van der Waals surface area contributed by atoms with E-state index in [9.17, 15) is 4.39 Å². The average Bonchev–Trinajstić information content (AvgIpc) is 2.49. The minimum Gasteiger partial charge on any atom is -0.206 e. The number of hydrogen-bond acceptors (Lipinski definition) is 2. The maximum Gasteiger partial charge on any atom is 0.138 e. The predicted octanol–water partition coefficient (Wildman–Crippen LogP) is 5.00. The van der Waals surface area contributed by atoms with Crippen molar-refractivity contribution in [3.63, 3.8) is 0 Å². The highest BCUT2D eigenvalue weighted by Crippen LogP contribution is 2.32. The Morgan fingerprint density at radius 2 is 1.70 bits per heavy atom. The van der Waals surface area contributed by atoms with E-state index in [2.05, 4.69) is 0 Å². The second kappa shape index (κ2) is 5.36. The lowest BCUT2D eigenvalue weighted by Crippen LogP contribution is -1.84. The van der Waals surface area contributed by atoms with Crippen molar-refractivity contribution in [1.29, 1.82) is 5.26 Å². The van der Waals surface area contributed by atoms with E-state index >= 15 is 0 Å². The second-order valence-electron chi connectivity index (χ2n) is 4.37. The normalized spacial score (nSPS) is 10.4. The molecule has 3 aromatic rings. The molecule has 96 valence electrons. The Morgan fingerprint density at radius 1 is 0.900 bits per heavy atom. The molecule has 0 saturated heterocycles. The lowest BCUT2D eigenvalue weighted by molar-refractivity contribution is 0.601. The molecule has 0 aliphatic heterocycles. The van der Waals surface area contributed by atoms with E-state index in [4.69, 9.17) is 5.26 Å². The molecule has 0 heterocycles. The van der Waals surface area contributed by atoms with Gasteiger partial charge in [0.15, 0.2) is 0 Å². The summed E-state index contributed by atoms with van der Waals surface area (Å²) in [5.74, 6) is -0.359. The zero-order chi connectivity index (χ0) is 13.9. The monoisotopic (exact) mass is 279 g/mol. The van der Waals surface area contributed by atoms with E-state index in [-0.39, 0.29) is 5.82 Å². The van der Waals surface area contributed by atoms with Gasteiger partial charge in [0, 0.05) is 9.79 Å². The summed E-state index contributed by atoms with van der Waals surface area (Å²) < 4.78 is 13.9. The number of nitrogens with zero attached hydrogens (tertiary/aromatic N) is 1. The first kappa shape index (κ1) is 12.7. The van der Waals surface area contributed by atoms with Gasteiger partial charge in [0.2, 0.25) is 0 Å². The second-order valence-corrected chi connectivity index (χ2v) is 5.48. The number of rotatable bonds is 2. The van der Waals surface area contributed by atoms with Gasteiger partial charge in [0.1, 0.15) is 5.82 Å². The summed E-state index contributed by atoms with van der Waals surface area (Å²) in [6, 6.07) is 20.6. The van der Waals surface area contributed by atoms with E-state index in [0.717, 1.165) is 15.7 Å². The van der Waals surface area contributed by atoms with Gasteiger partial charge in [0.05, 0.1) is 11.6 Å². The van der Waals surface area contributed by atoms with Crippen LogP contribution in [-0.2, 0) is 0 Å². The van der Waals surface area contributed by atoms with Crippen LogP contribution in [0.2, 0.25) is 0 Å². The van der Waals surface area contributed by atoms with Crippen LogP contribution in [0.5, 0.6) is 0 Å². The Labute approximate surface area is 120 Å². The van der Waals surface area contributed by atoms with Crippen molar-refractivity contribution in [2.24, 2.45) is 0 Å². The Kier molecular flexibility index (Phi) is 3.41. The van der Waals surface area contributed by atoms with Crippen molar-refractivity contribution >= 4 is 22.5 Å². The van der Waals surface area contributed by atoms with Crippen molar-refractivity contribution in [2.45, 2.75) is 9.79 Å². The molecule has 20 heavy (non-hydrogen) atoms. The van der Waals surface area contributed by atoms with Crippen molar-refractivity contribution < 1.29 is 4.39 Å². The summed E-state index contributed by atoms with van der Waals surface area (Å²) in [5, 5.41) is 11.0. The molecule has 0 N–H and O–H groups in total. The number of halogens is 1. The number of fused-ring (bicyclic) bond motifs is 1. The van der Waals surface area contributed by atoms with Crippen molar-refractivity contribution in [3.8, 4) is 6.07 Å². The van der Waals surface area contributed by atoms with Crippen LogP contribution >= 0.6 is 11.8 Å². The summed E-state index contributed by atoms with van der Waals surface area (Å²) in [5.41, 5.74) is 0.338. The van der Waals surface area contributed by atoms with Crippen LogP contribution < -0.4 is 0 Å². The quantitative estimate of drug-likeness (QED) is 0.659. The molecule has 3 rings (SSSR count). The molecule has 0 aromatic heterocycles. The first-order valence-electron chi connectivity index (χ1n) is 6.12. The summed E-state index contributed by atoms with van der Waals surface area (Å²) >= 11 is 1.36. The maximum atomic E-state index is 13.9. The third-order valence-electron chi connectivity index (χ3n) is 3.01. The number of hydrogen-bond donors (Lipinski definition) is 0. The lowest BCUT2D eigenvalue weighted by Gasteiger charge is -2.05. The van der Waals surface area contributed by atoms with Crippen LogP contribution in [0.15, 0.2) is 70.5 Å². The van der Waals surface area contributed by atoms with E-state index < -0.39 is 0 Å². The topological polar surface area (TPSA) is 23.8 Å². The van der Waals surface area contributed by atoms with Crippen LogP contribution in [0.3, 0.4) is 0 Å². The molecule has 0 amide bonds. The van der Waals surface area contributed by atoms with E-state index in [1.807, 2.05) is 48.5 Å². The standard InChI is InChI=1S/C17H10FNS/c18-16-9-12(11-19)5-8-17(16)20-15-7-6-13-3-1-2-4-14(13)10-15/h1-10H. The van der Waals surface area contributed by atoms with Crippen LogP contribution in [0, 0.1) is 17.1 Å². The highest BCUT2D eigenvalue weighted by atomic mass is 32.2. The Hall–Kier alpha value is -2.31. The van der Waals surface area contributed by atoms with Crippen LogP contribution in [-0.4, -0.2) is 0 Å². The first-order chi connectivity index (χ1) is 9.76. The molecular formula is C17H10FNS. The molecule has 0 spiro atoms. The molecular weight excluding hydrogens is 269 g/mol. The highest BCUT2D eigenvalue weighted by Gasteiger charge is 2.06. The minimum absolute atomic E-state index is 0.338. The zero-order valence-electron chi connectivity index (χ0n) is 10.5. The third kappa shape index (κ3) is 2.52. The van der Waals surface area contributed by atoms with E-state index in [1.165, 1.54) is 17.8 Å². The first-order valence-corrected chi connectivity index (χ1v) is 6.94. The Morgan fingerprint density at radius 3 is 2.45 bits per heavy atom. The van der Waals surface area contributed by atoms with Gasteiger partial charge >= 0.3 is 0 Å². The Bertz CT molecular complexity index is 821. The molecule has 1 nitrogen and oxygen atoms in total. The third-order valence-corrected chi connectivity index (χ3v) is 4.05. The van der Waals surface area contributed by atoms with Crippen LogP contribution in [0.4, 0.5) is 4.39 Å². The summed E-state index contributed by atoms with van der Waals surface area (Å²) in [4.78, 5) is 1.51. The summed E-state index contributed by atoms with van der Waals surface area (Å²) in [7, 11) is 0. The average molecular weight is 279 g/mol. The van der Waals surface area contributed by atoms with Gasteiger partial charge in [-0.05, 0) is 41.1 Å². The van der Waals surface area contributed by atoms with Gasteiger partial charge in [-0.3, -0.25) is 0 Å². The van der Waals surface area contributed by atoms with Gasteiger partial charge in [-0.1, -0.05) is 42.1 Å². The molecule has 0 fully saturated rings.